The average Bonchev–Trinajstić information content (AvgIpc) is 2.48. The molecule has 1 rings (SSSR count). The van der Waals surface area contributed by atoms with Crippen molar-refractivity contribution in [3.8, 4) is 0 Å². The minimum Gasteiger partial charge on any atom is -0.389 e. The second-order valence-electron chi connectivity index (χ2n) is 4.02. The summed E-state index contributed by atoms with van der Waals surface area (Å²) in [6.07, 6.45) is 0.854. The number of anilines is 1. The van der Waals surface area contributed by atoms with Crippen molar-refractivity contribution in [2.24, 2.45) is 0 Å². The van der Waals surface area contributed by atoms with E-state index in [1.165, 1.54) is 11.5 Å². The number of nitrogens with zero attached hydrogens (tertiary/aromatic N) is 3. The van der Waals surface area contributed by atoms with Crippen LogP contribution in [0.5, 0.6) is 0 Å². The summed E-state index contributed by atoms with van der Waals surface area (Å²) in [5.41, 5.74) is -0.702. The highest BCUT2D eigenvalue weighted by atomic mass is 32.1. The number of rotatable bonds is 4. The Kier molecular flexibility index (Phi) is 3.44. The SMILES string of the molecule is CCc1nsc(N(C)CC(C)(C)O)n1. The molecule has 0 aliphatic carbocycles. The fourth-order valence-corrected chi connectivity index (χ4v) is 1.90. The van der Waals surface area contributed by atoms with E-state index in [9.17, 15) is 5.11 Å². The summed E-state index contributed by atoms with van der Waals surface area (Å²) in [6.45, 7) is 6.16. The van der Waals surface area contributed by atoms with Gasteiger partial charge in [-0.3, -0.25) is 0 Å². The van der Waals surface area contributed by atoms with Crippen LogP contribution in [0.1, 0.15) is 26.6 Å². The van der Waals surface area contributed by atoms with Crippen LogP contribution in [0.2, 0.25) is 0 Å². The summed E-state index contributed by atoms with van der Waals surface area (Å²) < 4.78 is 4.19. The molecule has 0 unspecified atom stereocenters. The van der Waals surface area contributed by atoms with Crippen LogP contribution < -0.4 is 4.90 Å². The number of aliphatic hydroxyl groups is 1. The van der Waals surface area contributed by atoms with E-state index in [0.717, 1.165) is 17.4 Å². The molecule has 5 heteroatoms. The van der Waals surface area contributed by atoms with Crippen LogP contribution in [0.4, 0.5) is 5.13 Å². The van der Waals surface area contributed by atoms with Crippen LogP contribution >= 0.6 is 11.5 Å². The minimum absolute atomic E-state index is 0.561. The number of hydrogen-bond acceptors (Lipinski definition) is 5. The third kappa shape index (κ3) is 3.23. The molecule has 0 spiro atoms. The number of aryl methyl sites for hydroxylation is 1. The lowest BCUT2D eigenvalue weighted by atomic mass is 10.1. The van der Waals surface area contributed by atoms with E-state index in [1.54, 1.807) is 13.8 Å². The predicted molar refractivity (Wildman–Crippen MR) is 58.9 cm³/mol. The van der Waals surface area contributed by atoms with Crippen LogP contribution in [-0.4, -0.2) is 33.7 Å². The third-order valence-corrected chi connectivity index (χ3v) is 2.59. The lowest BCUT2D eigenvalue weighted by molar-refractivity contribution is 0.0886. The fourth-order valence-electron chi connectivity index (χ4n) is 1.19. The highest BCUT2D eigenvalue weighted by Gasteiger charge is 2.18. The third-order valence-electron chi connectivity index (χ3n) is 1.72. The van der Waals surface area contributed by atoms with Gasteiger partial charge >= 0.3 is 0 Å². The minimum atomic E-state index is -0.702. The Hall–Kier alpha value is -0.680. The Morgan fingerprint density at radius 1 is 1.50 bits per heavy atom. The molecule has 0 radical (unpaired) electrons. The smallest absolute Gasteiger partial charge is 0.205 e. The predicted octanol–water partition coefficient (Wildman–Crippen LogP) is 1.31. The molecule has 1 aromatic rings. The summed E-state index contributed by atoms with van der Waals surface area (Å²) in [6, 6.07) is 0. The molecule has 0 aromatic carbocycles. The molecule has 0 aliphatic rings. The van der Waals surface area contributed by atoms with E-state index in [0.29, 0.717) is 6.54 Å². The molecule has 4 nitrogen and oxygen atoms in total. The van der Waals surface area contributed by atoms with Gasteiger partial charge in [0.15, 0.2) is 0 Å². The number of hydrogen-bond donors (Lipinski definition) is 1. The standard InChI is InChI=1S/C9H17N3OS/c1-5-7-10-8(14-11-7)12(4)6-9(2,3)13/h13H,5-6H2,1-4H3. The zero-order valence-corrected chi connectivity index (χ0v) is 9.93. The molecule has 1 N–H and O–H groups in total. The molecule has 1 aromatic heterocycles. The lowest BCUT2D eigenvalue weighted by Crippen LogP contribution is -2.36. The van der Waals surface area contributed by atoms with Crippen LogP contribution in [0.3, 0.4) is 0 Å². The normalized spacial score (nSPS) is 11.8. The first-order valence-electron chi connectivity index (χ1n) is 4.68. The molecule has 0 saturated carbocycles. The lowest BCUT2D eigenvalue weighted by Gasteiger charge is -2.24. The summed E-state index contributed by atoms with van der Waals surface area (Å²) in [4.78, 5) is 6.26. The first kappa shape index (κ1) is 11.4. The Morgan fingerprint density at radius 3 is 2.57 bits per heavy atom. The second-order valence-corrected chi connectivity index (χ2v) is 4.75. The van der Waals surface area contributed by atoms with Gasteiger partial charge in [-0.1, -0.05) is 6.92 Å². The van der Waals surface area contributed by atoms with Crippen molar-refractivity contribution in [3.05, 3.63) is 5.82 Å². The van der Waals surface area contributed by atoms with E-state index >= 15 is 0 Å². The number of likely N-dealkylation sites (N-methyl/N-ethyl adjacent to an activating group) is 1. The molecular weight excluding hydrogens is 198 g/mol. The fraction of sp³-hybridized carbons (Fsp3) is 0.778. The van der Waals surface area contributed by atoms with Crippen molar-refractivity contribution in [1.29, 1.82) is 0 Å². The van der Waals surface area contributed by atoms with Gasteiger partial charge < -0.3 is 10.0 Å². The van der Waals surface area contributed by atoms with Gasteiger partial charge in [-0.05, 0) is 13.8 Å². The van der Waals surface area contributed by atoms with E-state index in [4.69, 9.17) is 0 Å². The van der Waals surface area contributed by atoms with Gasteiger partial charge in [0.2, 0.25) is 5.13 Å². The van der Waals surface area contributed by atoms with Gasteiger partial charge in [-0.25, -0.2) is 4.98 Å². The maximum absolute atomic E-state index is 9.63. The van der Waals surface area contributed by atoms with Gasteiger partial charge in [0.1, 0.15) is 5.82 Å². The molecule has 14 heavy (non-hydrogen) atoms. The van der Waals surface area contributed by atoms with E-state index in [1.807, 2.05) is 18.9 Å². The van der Waals surface area contributed by atoms with Crippen LogP contribution in [-0.2, 0) is 6.42 Å². The van der Waals surface area contributed by atoms with Gasteiger partial charge in [-0.15, -0.1) is 0 Å². The van der Waals surface area contributed by atoms with Crippen LogP contribution in [0.15, 0.2) is 0 Å². The summed E-state index contributed by atoms with van der Waals surface area (Å²) >= 11 is 1.38. The van der Waals surface area contributed by atoms with E-state index in [2.05, 4.69) is 9.36 Å². The molecule has 0 saturated heterocycles. The van der Waals surface area contributed by atoms with Gasteiger partial charge in [0.25, 0.3) is 0 Å². The highest BCUT2D eigenvalue weighted by Crippen LogP contribution is 2.17. The molecule has 0 atom stereocenters. The first-order valence-corrected chi connectivity index (χ1v) is 5.46. The maximum atomic E-state index is 9.63. The zero-order valence-electron chi connectivity index (χ0n) is 9.11. The van der Waals surface area contributed by atoms with Gasteiger partial charge in [0.05, 0.1) is 5.60 Å². The molecular formula is C9H17N3OS. The van der Waals surface area contributed by atoms with Crippen molar-refractivity contribution < 1.29 is 5.11 Å². The Labute approximate surface area is 88.8 Å². The quantitative estimate of drug-likeness (QED) is 0.822. The van der Waals surface area contributed by atoms with Gasteiger partial charge in [0, 0.05) is 31.5 Å². The monoisotopic (exact) mass is 215 g/mol. The molecule has 0 fully saturated rings. The summed E-state index contributed by atoms with van der Waals surface area (Å²) in [5.74, 6) is 0.868. The van der Waals surface area contributed by atoms with Crippen molar-refractivity contribution in [1.82, 2.24) is 9.36 Å². The first-order chi connectivity index (χ1) is 6.42. The van der Waals surface area contributed by atoms with Crippen LogP contribution in [0.25, 0.3) is 0 Å². The maximum Gasteiger partial charge on any atom is 0.205 e. The summed E-state index contributed by atoms with van der Waals surface area (Å²) in [5, 5.41) is 10.5. The molecule has 0 amide bonds. The molecule has 1 heterocycles. The van der Waals surface area contributed by atoms with E-state index in [-0.39, 0.29) is 0 Å². The van der Waals surface area contributed by atoms with Crippen molar-refractivity contribution in [3.63, 3.8) is 0 Å². The zero-order chi connectivity index (χ0) is 10.8. The highest BCUT2D eigenvalue weighted by molar-refractivity contribution is 7.09. The van der Waals surface area contributed by atoms with Crippen molar-refractivity contribution in [2.45, 2.75) is 32.8 Å². The largest absolute Gasteiger partial charge is 0.389 e. The van der Waals surface area contributed by atoms with Crippen molar-refractivity contribution in [2.75, 3.05) is 18.5 Å². The molecule has 0 aliphatic heterocycles. The summed E-state index contributed by atoms with van der Waals surface area (Å²) in [7, 11) is 1.91. The Bertz CT molecular complexity index is 292. The van der Waals surface area contributed by atoms with Crippen LogP contribution in [0, 0.1) is 0 Å². The number of aromatic nitrogens is 2. The molecule has 0 bridgehead atoms. The Morgan fingerprint density at radius 2 is 2.14 bits per heavy atom. The average molecular weight is 215 g/mol. The topological polar surface area (TPSA) is 49.2 Å². The van der Waals surface area contributed by atoms with Crippen molar-refractivity contribution >= 4 is 16.7 Å². The van der Waals surface area contributed by atoms with Gasteiger partial charge in [-0.2, -0.15) is 4.37 Å². The van der Waals surface area contributed by atoms with E-state index < -0.39 is 5.60 Å². The molecule has 80 valence electrons. The Balaban J connectivity index is 2.65. The second kappa shape index (κ2) is 4.23.